The Morgan fingerprint density at radius 1 is 1.21 bits per heavy atom. The molecule has 0 atom stereocenters. The lowest BCUT2D eigenvalue weighted by Gasteiger charge is -2.36. The average Bonchev–Trinajstić information content (AvgIpc) is 2.73. The van der Waals surface area contributed by atoms with Crippen LogP contribution in [-0.2, 0) is 16.0 Å². The molecule has 2 aromatic carbocycles. The van der Waals surface area contributed by atoms with Gasteiger partial charge < -0.3 is 19.9 Å². The van der Waals surface area contributed by atoms with E-state index in [1.807, 2.05) is 24.3 Å². The molecule has 0 aromatic heterocycles. The lowest BCUT2D eigenvalue weighted by molar-refractivity contribution is -0.136. The van der Waals surface area contributed by atoms with Gasteiger partial charge in [0.15, 0.2) is 0 Å². The van der Waals surface area contributed by atoms with Crippen LogP contribution in [0.3, 0.4) is 0 Å². The number of benzene rings is 2. The van der Waals surface area contributed by atoms with E-state index in [2.05, 4.69) is 5.32 Å². The van der Waals surface area contributed by atoms with E-state index >= 15 is 0 Å². The van der Waals surface area contributed by atoms with Gasteiger partial charge in [-0.05, 0) is 48.6 Å². The topological polar surface area (TPSA) is 67.8 Å². The van der Waals surface area contributed by atoms with Crippen LogP contribution in [0.25, 0.3) is 11.1 Å². The predicted molar refractivity (Wildman–Crippen MR) is 105 cm³/mol. The summed E-state index contributed by atoms with van der Waals surface area (Å²) in [5.41, 5.74) is 2.03. The van der Waals surface area contributed by atoms with E-state index in [4.69, 9.17) is 14.6 Å². The van der Waals surface area contributed by atoms with E-state index in [1.165, 1.54) is 12.1 Å². The molecule has 3 rings (SSSR count). The Balaban J connectivity index is 1.82. The second kappa shape index (κ2) is 9.17. The highest BCUT2D eigenvalue weighted by molar-refractivity contribution is 5.83. The van der Waals surface area contributed by atoms with Gasteiger partial charge in [0.25, 0.3) is 0 Å². The SMILES string of the molecule is COc1ccc(F)cc1-c1ccc(CC2(C(=O)NCCO)CCOCC2)cc1. The van der Waals surface area contributed by atoms with Crippen LogP contribution in [-0.4, -0.2) is 44.5 Å². The number of ether oxygens (including phenoxy) is 2. The van der Waals surface area contributed by atoms with Crippen LogP contribution >= 0.6 is 0 Å². The zero-order chi connectivity index (χ0) is 20.0. The Hall–Kier alpha value is -2.44. The highest BCUT2D eigenvalue weighted by Crippen LogP contribution is 2.36. The minimum Gasteiger partial charge on any atom is -0.496 e. The number of hydrogen-bond donors (Lipinski definition) is 2. The first kappa shape index (κ1) is 20.3. The Labute approximate surface area is 164 Å². The van der Waals surface area contributed by atoms with Crippen LogP contribution in [0, 0.1) is 11.2 Å². The van der Waals surface area contributed by atoms with E-state index in [-0.39, 0.29) is 24.9 Å². The van der Waals surface area contributed by atoms with Crippen LogP contribution in [0.4, 0.5) is 4.39 Å². The van der Waals surface area contributed by atoms with Crippen molar-refractivity contribution in [2.75, 3.05) is 33.5 Å². The first-order valence-electron chi connectivity index (χ1n) is 9.48. The van der Waals surface area contributed by atoms with Crippen molar-refractivity contribution < 1.29 is 23.8 Å². The zero-order valence-electron chi connectivity index (χ0n) is 16.0. The van der Waals surface area contributed by atoms with Gasteiger partial charge >= 0.3 is 0 Å². The van der Waals surface area contributed by atoms with Crippen molar-refractivity contribution in [3.8, 4) is 16.9 Å². The number of amides is 1. The molecule has 1 aliphatic heterocycles. The highest BCUT2D eigenvalue weighted by atomic mass is 19.1. The van der Waals surface area contributed by atoms with Gasteiger partial charge in [-0.2, -0.15) is 0 Å². The van der Waals surface area contributed by atoms with E-state index in [1.54, 1.807) is 13.2 Å². The number of aliphatic hydroxyl groups excluding tert-OH is 1. The standard InChI is InChI=1S/C22H26FNO4/c1-27-20-7-6-18(23)14-19(20)17-4-2-16(3-5-17)15-22(8-12-28-13-9-22)21(26)24-10-11-25/h2-7,14,25H,8-13,15H2,1H3,(H,24,26). The number of carbonyl (C=O) groups is 1. The fraction of sp³-hybridized carbons (Fsp3) is 0.409. The second-order valence-corrected chi connectivity index (χ2v) is 7.09. The quantitative estimate of drug-likeness (QED) is 0.767. The molecule has 5 nitrogen and oxygen atoms in total. The highest BCUT2D eigenvalue weighted by Gasteiger charge is 2.39. The summed E-state index contributed by atoms with van der Waals surface area (Å²) in [4.78, 5) is 12.8. The molecule has 1 saturated heterocycles. The number of methoxy groups -OCH3 is 1. The fourth-order valence-corrected chi connectivity index (χ4v) is 3.70. The maximum absolute atomic E-state index is 13.7. The molecule has 0 spiro atoms. The molecule has 6 heteroatoms. The number of rotatable bonds is 7. The normalized spacial score (nSPS) is 15.8. The Bertz CT molecular complexity index is 801. The van der Waals surface area contributed by atoms with Gasteiger partial charge in [0.1, 0.15) is 11.6 Å². The van der Waals surface area contributed by atoms with Gasteiger partial charge in [-0.3, -0.25) is 4.79 Å². The Morgan fingerprint density at radius 2 is 1.93 bits per heavy atom. The van der Waals surface area contributed by atoms with Crippen molar-refractivity contribution in [1.82, 2.24) is 5.32 Å². The molecule has 0 unspecified atom stereocenters. The summed E-state index contributed by atoms with van der Waals surface area (Å²) in [5.74, 6) is 0.251. The molecule has 0 radical (unpaired) electrons. The van der Waals surface area contributed by atoms with Crippen LogP contribution < -0.4 is 10.1 Å². The zero-order valence-corrected chi connectivity index (χ0v) is 16.0. The monoisotopic (exact) mass is 387 g/mol. The minimum atomic E-state index is -0.536. The molecule has 1 fully saturated rings. The van der Waals surface area contributed by atoms with Gasteiger partial charge in [0.05, 0.1) is 19.1 Å². The van der Waals surface area contributed by atoms with Crippen molar-refractivity contribution in [3.63, 3.8) is 0 Å². The third-order valence-electron chi connectivity index (χ3n) is 5.30. The van der Waals surface area contributed by atoms with Crippen molar-refractivity contribution in [2.45, 2.75) is 19.3 Å². The molecule has 1 aliphatic rings. The largest absolute Gasteiger partial charge is 0.496 e. The predicted octanol–water partition coefficient (Wildman–Crippen LogP) is 2.95. The van der Waals surface area contributed by atoms with Crippen LogP contribution in [0.15, 0.2) is 42.5 Å². The molecule has 0 bridgehead atoms. The number of halogens is 1. The summed E-state index contributed by atoms with van der Waals surface area (Å²) in [6.07, 6.45) is 1.88. The molecule has 2 aromatic rings. The lowest BCUT2D eigenvalue weighted by atomic mass is 9.74. The van der Waals surface area contributed by atoms with Crippen molar-refractivity contribution in [1.29, 1.82) is 0 Å². The molecule has 1 amide bonds. The number of hydrogen-bond acceptors (Lipinski definition) is 4. The minimum absolute atomic E-state index is 0.0410. The smallest absolute Gasteiger partial charge is 0.226 e. The Morgan fingerprint density at radius 3 is 2.57 bits per heavy atom. The summed E-state index contributed by atoms with van der Waals surface area (Å²) < 4.78 is 24.5. The molecule has 0 saturated carbocycles. The third-order valence-corrected chi connectivity index (χ3v) is 5.30. The van der Waals surface area contributed by atoms with Gasteiger partial charge in [0.2, 0.25) is 5.91 Å². The molecule has 2 N–H and O–H groups in total. The number of nitrogens with one attached hydrogen (secondary N) is 1. The summed E-state index contributed by atoms with van der Waals surface area (Å²) in [6, 6.07) is 12.2. The van der Waals surface area contributed by atoms with Gasteiger partial charge in [-0.1, -0.05) is 24.3 Å². The summed E-state index contributed by atoms with van der Waals surface area (Å²) >= 11 is 0. The van der Waals surface area contributed by atoms with Crippen LogP contribution in [0.2, 0.25) is 0 Å². The molecule has 1 heterocycles. The second-order valence-electron chi connectivity index (χ2n) is 7.09. The van der Waals surface area contributed by atoms with E-state index in [0.29, 0.717) is 43.8 Å². The first-order chi connectivity index (χ1) is 13.6. The van der Waals surface area contributed by atoms with Crippen LogP contribution in [0.1, 0.15) is 18.4 Å². The maximum atomic E-state index is 13.7. The van der Waals surface area contributed by atoms with E-state index in [9.17, 15) is 9.18 Å². The van der Waals surface area contributed by atoms with E-state index < -0.39 is 5.41 Å². The van der Waals surface area contributed by atoms with Crippen molar-refractivity contribution in [2.24, 2.45) is 5.41 Å². The summed E-state index contributed by atoms with van der Waals surface area (Å²) in [7, 11) is 1.56. The third kappa shape index (κ3) is 4.51. The van der Waals surface area contributed by atoms with Crippen LogP contribution in [0.5, 0.6) is 5.75 Å². The van der Waals surface area contributed by atoms with Gasteiger partial charge in [-0.25, -0.2) is 4.39 Å². The van der Waals surface area contributed by atoms with Crippen molar-refractivity contribution >= 4 is 5.91 Å². The first-order valence-corrected chi connectivity index (χ1v) is 9.48. The lowest BCUT2D eigenvalue weighted by Crippen LogP contribution is -2.46. The van der Waals surface area contributed by atoms with Gasteiger partial charge in [-0.15, -0.1) is 0 Å². The molecule has 0 aliphatic carbocycles. The molecule has 28 heavy (non-hydrogen) atoms. The molecule has 150 valence electrons. The van der Waals surface area contributed by atoms with E-state index in [0.717, 1.165) is 11.1 Å². The molecular weight excluding hydrogens is 361 g/mol. The number of carbonyl (C=O) groups excluding carboxylic acids is 1. The Kier molecular flexibility index (Phi) is 6.65. The maximum Gasteiger partial charge on any atom is 0.226 e. The fourth-order valence-electron chi connectivity index (χ4n) is 3.70. The molecular formula is C22H26FNO4. The number of aliphatic hydroxyl groups is 1. The van der Waals surface area contributed by atoms with Crippen molar-refractivity contribution in [3.05, 3.63) is 53.8 Å². The summed E-state index contributed by atoms with van der Waals surface area (Å²) in [6.45, 7) is 1.26. The van der Waals surface area contributed by atoms with Gasteiger partial charge in [0, 0.05) is 25.3 Å². The summed E-state index contributed by atoms with van der Waals surface area (Å²) in [5, 5.41) is 11.8. The average molecular weight is 387 g/mol.